The second kappa shape index (κ2) is 10.7. The van der Waals surface area contributed by atoms with Crippen LogP contribution in [0.4, 0.5) is 21.0 Å². The van der Waals surface area contributed by atoms with Crippen molar-refractivity contribution >= 4 is 23.4 Å². The van der Waals surface area contributed by atoms with Gasteiger partial charge in [-0.15, -0.1) is 0 Å². The van der Waals surface area contributed by atoms with Gasteiger partial charge in [0.15, 0.2) is 0 Å². The number of aromatic nitrogens is 2. The number of hydrogen-bond acceptors (Lipinski definition) is 4. The molecule has 0 aromatic carbocycles. The summed E-state index contributed by atoms with van der Waals surface area (Å²) in [6, 6.07) is 6.57. The maximum absolute atomic E-state index is 12.0. The van der Waals surface area contributed by atoms with Crippen LogP contribution in [0.25, 0.3) is 0 Å². The molecule has 0 spiro atoms. The first kappa shape index (κ1) is 19.2. The zero-order valence-corrected chi connectivity index (χ0v) is 14.7. The summed E-state index contributed by atoms with van der Waals surface area (Å²) in [4.78, 5) is 31.6. The normalized spacial score (nSPS) is 11.3. The molecule has 4 N–H and O–H groups in total. The second-order valence-electron chi connectivity index (χ2n) is 5.71. The zero-order valence-electron chi connectivity index (χ0n) is 14.7. The van der Waals surface area contributed by atoms with Crippen LogP contribution in [0.5, 0.6) is 0 Å². The van der Waals surface area contributed by atoms with Gasteiger partial charge < -0.3 is 21.3 Å². The van der Waals surface area contributed by atoms with E-state index in [1.165, 1.54) is 0 Å². The molecule has 8 nitrogen and oxygen atoms in total. The molecule has 0 aliphatic heterocycles. The van der Waals surface area contributed by atoms with Crippen LogP contribution in [0.15, 0.2) is 49.1 Å². The number of carbonyl (C=O) groups is 2. The Bertz CT molecular complexity index is 681. The van der Waals surface area contributed by atoms with Gasteiger partial charge in [-0.2, -0.15) is 0 Å². The Morgan fingerprint density at radius 1 is 1.00 bits per heavy atom. The number of nitrogens with one attached hydrogen (secondary N) is 4. The quantitative estimate of drug-likeness (QED) is 0.545. The first-order valence-electron chi connectivity index (χ1n) is 8.59. The molecule has 0 bridgehead atoms. The fourth-order valence-electron chi connectivity index (χ4n) is 2.33. The first-order valence-corrected chi connectivity index (χ1v) is 8.59. The highest BCUT2D eigenvalue weighted by atomic mass is 16.2. The highest BCUT2D eigenvalue weighted by molar-refractivity contribution is 5.89. The third-order valence-corrected chi connectivity index (χ3v) is 3.68. The van der Waals surface area contributed by atoms with E-state index in [9.17, 15) is 9.59 Å². The lowest BCUT2D eigenvalue weighted by atomic mass is 10.1. The summed E-state index contributed by atoms with van der Waals surface area (Å²) in [6.07, 6.45) is 8.79. The lowest BCUT2D eigenvalue weighted by Crippen LogP contribution is -2.38. The average Bonchev–Trinajstić information content (AvgIpc) is 2.65. The Kier molecular flexibility index (Phi) is 7.85. The van der Waals surface area contributed by atoms with E-state index in [2.05, 4.69) is 31.2 Å². The van der Waals surface area contributed by atoms with Crippen LogP contribution < -0.4 is 21.3 Å². The number of pyridine rings is 2. The Morgan fingerprint density at radius 2 is 1.62 bits per heavy atom. The number of rotatable bonds is 8. The predicted octanol–water partition coefficient (Wildman–Crippen LogP) is 2.98. The molecule has 0 radical (unpaired) electrons. The molecule has 138 valence electrons. The first-order chi connectivity index (χ1) is 12.7. The largest absolute Gasteiger partial charge is 0.338 e. The topological polar surface area (TPSA) is 108 Å². The maximum Gasteiger partial charge on any atom is 0.319 e. The number of nitrogens with zero attached hydrogens (tertiary/aromatic N) is 2. The molecule has 4 amide bonds. The summed E-state index contributed by atoms with van der Waals surface area (Å²) in [7, 11) is 0. The van der Waals surface area contributed by atoms with Crippen molar-refractivity contribution < 1.29 is 9.59 Å². The minimum absolute atomic E-state index is 0.0369. The summed E-state index contributed by atoms with van der Waals surface area (Å²) >= 11 is 0. The second-order valence-corrected chi connectivity index (χ2v) is 5.71. The summed E-state index contributed by atoms with van der Waals surface area (Å²) < 4.78 is 0. The van der Waals surface area contributed by atoms with Crippen molar-refractivity contribution in [2.24, 2.45) is 0 Å². The van der Waals surface area contributed by atoms with Gasteiger partial charge in [-0.1, -0.05) is 6.92 Å². The lowest BCUT2D eigenvalue weighted by Gasteiger charge is -2.17. The SMILES string of the molecule is CCC(CCCNC(=O)Nc1cccnc1)NC(=O)Nc1cccnc1. The van der Waals surface area contributed by atoms with E-state index in [0.717, 1.165) is 19.3 Å². The lowest BCUT2D eigenvalue weighted by molar-refractivity contribution is 0.245. The molecule has 1 atom stereocenters. The Hall–Kier alpha value is -3.16. The summed E-state index contributed by atoms with van der Waals surface area (Å²) in [5.74, 6) is 0. The van der Waals surface area contributed by atoms with Gasteiger partial charge >= 0.3 is 12.1 Å². The minimum atomic E-state index is -0.270. The van der Waals surface area contributed by atoms with Gasteiger partial charge in [-0.05, 0) is 43.5 Å². The minimum Gasteiger partial charge on any atom is -0.338 e. The number of hydrogen-bond donors (Lipinski definition) is 4. The Morgan fingerprint density at radius 3 is 2.15 bits per heavy atom. The van der Waals surface area contributed by atoms with Crippen LogP contribution in [0.1, 0.15) is 26.2 Å². The van der Waals surface area contributed by atoms with Gasteiger partial charge in [0.1, 0.15) is 0 Å². The van der Waals surface area contributed by atoms with Crippen molar-refractivity contribution in [2.75, 3.05) is 17.2 Å². The van der Waals surface area contributed by atoms with E-state index in [1.807, 2.05) is 6.92 Å². The van der Waals surface area contributed by atoms with E-state index in [1.54, 1.807) is 49.1 Å². The van der Waals surface area contributed by atoms with Crippen molar-refractivity contribution in [1.29, 1.82) is 0 Å². The fourth-order valence-corrected chi connectivity index (χ4v) is 2.33. The van der Waals surface area contributed by atoms with Gasteiger partial charge in [-0.3, -0.25) is 9.97 Å². The van der Waals surface area contributed by atoms with Crippen LogP contribution in [-0.4, -0.2) is 34.6 Å². The molecule has 26 heavy (non-hydrogen) atoms. The maximum atomic E-state index is 12.0. The number of amides is 4. The van der Waals surface area contributed by atoms with E-state index >= 15 is 0 Å². The monoisotopic (exact) mass is 356 g/mol. The molecular weight excluding hydrogens is 332 g/mol. The number of anilines is 2. The zero-order chi connectivity index (χ0) is 18.6. The van der Waals surface area contributed by atoms with Crippen molar-refractivity contribution in [1.82, 2.24) is 20.6 Å². The van der Waals surface area contributed by atoms with Crippen molar-refractivity contribution in [3.8, 4) is 0 Å². The van der Waals surface area contributed by atoms with Crippen molar-refractivity contribution in [3.05, 3.63) is 49.1 Å². The average molecular weight is 356 g/mol. The van der Waals surface area contributed by atoms with E-state index in [-0.39, 0.29) is 18.1 Å². The fraction of sp³-hybridized carbons (Fsp3) is 0.333. The van der Waals surface area contributed by atoms with E-state index < -0.39 is 0 Å². The third-order valence-electron chi connectivity index (χ3n) is 3.68. The molecular formula is C18H24N6O2. The smallest absolute Gasteiger partial charge is 0.319 e. The Labute approximate surface area is 152 Å². The highest BCUT2D eigenvalue weighted by Crippen LogP contribution is 2.05. The van der Waals surface area contributed by atoms with Crippen LogP contribution >= 0.6 is 0 Å². The van der Waals surface area contributed by atoms with Crippen molar-refractivity contribution in [3.63, 3.8) is 0 Å². The molecule has 0 aliphatic carbocycles. The van der Waals surface area contributed by atoms with Gasteiger partial charge in [0.25, 0.3) is 0 Å². The standard InChI is InChI=1S/C18H24N6O2/c1-2-14(22-18(26)24-16-8-4-10-20-13-16)6-5-11-21-17(25)23-15-7-3-9-19-12-15/h3-4,7-10,12-14H,2,5-6,11H2,1H3,(H2,21,23,25)(H2,22,24,26). The predicted molar refractivity (Wildman–Crippen MR) is 101 cm³/mol. The highest BCUT2D eigenvalue weighted by Gasteiger charge is 2.10. The third kappa shape index (κ3) is 7.16. The molecule has 2 heterocycles. The van der Waals surface area contributed by atoms with Gasteiger partial charge in [-0.25, -0.2) is 9.59 Å². The summed E-state index contributed by atoms with van der Waals surface area (Å²) in [6.45, 7) is 2.53. The van der Waals surface area contributed by atoms with Crippen LogP contribution in [0, 0.1) is 0 Å². The van der Waals surface area contributed by atoms with E-state index in [4.69, 9.17) is 0 Å². The summed E-state index contributed by atoms with van der Waals surface area (Å²) in [5, 5.41) is 11.2. The number of carbonyl (C=O) groups excluding carboxylic acids is 2. The van der Waals surface area contributed by atoms with E-state index in [0.29, 0.717) is 17.9 Å². The molecule has 0 aliphatic rings. The number of urea groups is 2. The van der Waals surface area contributed by atoms with Crippen LogP contribution in [0.3, 0.4) is 0 Å². The van der Waals surface area contributed by atoms with Crippen LogP contribution in [0.2, 0.25) is 0 Å². The van der Waals surface area contributed by atoms with Gasteiger partial charge in [0.05, 0.1) is 23.8 Å². The molecule has 2 aromatic heterocycles. The molecule has 8 heteroatoms. The molecule has 2 aromatic rings. The molecule has 0 fully saturated rings. The van der Waals surface area contributed by atoms with Gasteiger partial charge in [0.2, 0.25) is 0 Å². The molecule has 0 saturated heterocycles. The molecule has 0 saturated carbocycles. The van der Waals surface area contributed by atoms with Crippen molar-refractivity contribution in [2.45, 2.75) is 32.2 Å². The van der Waals surface area contributed by atoms with Crippen LogP contribution in [-0.2, 0) is 0 Å². The molecule has 1 unspecified atom stereocenters. The summed E-state index contributed by atoms with van der Waals surface area (Å²) in [5.41, 5.74) is 1.29. The molecule has 2 rings (SSSR count). The van der Waals surface area contributed by atoms with Gasteiger partial charge in [0, 0.05) is 25.0 Å². The Balaban J connectivity index is 1.63.